The number of piperazine rings is 1. The molecular formula is C37H40N4O7. The number of nitriles is 1. The van der Waals surface area contributed by atoms with Crippen LogP contribution in [0.4, 0.5) is 0 Å². The van der Waals surface area contributed by atoms with Crippen molar-refractivity contribution in [2.45, 2.75) is 63.8 Å². The molecule has 0 aromatic heterocycles. The Bertz CT molecular complexity index is 1770. The Morgan fingerprint density at radius 1 is 1.21 bits per heavy atom. The number of esters is 1. The molecule has 0 radical (unpaired) electrons. The molecule has 11 heteroatoms. The lowest BCUT2D eigenvalue weighted by Gasteiger charge is -2.60. The van der Waals surface area contributed by atoms with Gasteiger partial charge in [-0.15, -0.1) is 0 Å². The van der Waals surface area contributed by atoms with Gasteiger partial charge in [-0.05, 0) is 62.6 Å². The van der Waals surface area contributed by atoms with Gasteiger partial charge in [-0.2, -0.15) is 5.26 Å². The zero-order chi connectivity index (χ0) is 34.1. The van der Waals surface area contributed by atoms with E-state index >= 15 is 0 Å². The average Bonchev–Trinajstić information content (AvgIpc) is 3.61. The molecule has 48 heavy (non-hydrogen) atoms. The number of benzene rings is 2. The van der Waals surface area contributed by atoms with Crippen LogP contribution in [-0.4, -0.2) is 78.4 Å². The molecule has 4 aliphatic heterocycles. The number of phenolic OH excluding ortho intramolecular Hbond substituents is 1. The number of allylic oxidation sites excluding steroid dienone is 2. The molecular weight excluding hydrogens is 612 g/mol. The number of hydrogen-bond donors (Lipinski definition) is 2. The van der Waals surface area contributed by atoms with Crippen LogP contribution >= 0.6 is 0 Å². The number of aryl methyl sites for hydroxylation is 1. The number of ether oxygens (including phenoxy) is 4. The fourth-order valence-electron chi connectivity index (χ4n) is 7.81. The molecule has 250 valence electrons. The Hall–Kier alpha value is -5.05. The normalized spacial score (nSPS) is 25.3. The maximum Gasteiger partial charge on any atom is 0.308 e. The summed E-state index contributed by atoms with van der Waals surface area (Å²) in [5.74, 6) is 0.488. The van der Waals surface area contributed by atoms with E-state index < -0.39 is 18.1 Å². The number of hydrogen-bond acceptors (Lipinski definition) is 10. The lowest BCUT2D eigenvalue weighted by atomic mass is 9.71. The lowest BCUT2D eigenvalue weighted by molar-refractivity contribution is -0.136. The van der Waals surface area contributed by atoms with Gasteiger partial charge in [0.25, 0.3) is 0 Å². The molecule has 0 spiro atoms. The molecule has 2 N–H and O–H groups in total. The molecule has 1 unspecified atom stereocenters. The molecule has 11 nitrogen and oxygen atoms in total. The first-order valence-corrected chi connectivity index (χ1v) is 16.0. The van der Waals surface area contributed by atoms with Gasteiger partial charge in [0.1, 0.15) is 18.1 Å². The number of aromatic hydroxyl groups is 1. The largest absolute Gasteiger partial charge is 0.504 e. The van der Waals surface area contributed by atoms with Crippen molar-refractivity contribution >= 4 is 18.0 Å². The minimum atomic E-state index is -0.599. The first-order chi connectivity index (χ1) is 23.2. The van der Waals surface area contributed by atoms with Crippen molar-refractivity contribution in [2.75, 3.05) is 27.5 Å². The van der Waals surface area contributed by atoms with E-state index in [9.17, 15) is 20.0 Å². The number of likely N-dealkylation sites (N-methyl/N-ethyl adjacent to an activating group) is 1. The van der Waals surface area contributed by atoms with Crippen LogP contribution in [0, 0.1) is 18.3 Å². The molecule has 2 aromatic carbocycles. The Morgan fingerprint density at radius 3 is 2.62 bits per heavy atom. The third-order valence-electron chi connectivity index (χ3n) is 9.70. The number of carbonyl (C=O) groups excluding carboxylic acids is 2. The van der Waals surface area contributed by atoms with E-state index in [1.54, 1.807) is 19.1 Å². The number of amides is 1. The minimum Gasteiger partial charge on any atom is -0.504 e. The third kappa shape index (κ3) is 5.82. The quantitative estimate of drug-likeness (QED) is 0.240. The van der Waals surface area contributed by atoms with Gasteiger partial charge < -0.3 is 29.4 Å². The highest BCUT2D eigenvalue weighted by Gasteiger charge is 2.56. The number of methoxy groups -OCH3 is 1. The van der Waals surface area contributed by atoms with E-state index in [4.69, 9.17) is 18.9 Å². The van der Waals surface area contributed by atoms with E-state index in [0.29, 0.717) is 41.3 Å². The van der Waals surface area contributed by atoms with Crippen molar-refractivity contribution in [1.29, 1.82) is 5.26 Å². The topological polar surface area (TPSA) is 134 Å². The molecule has 0 aliphatic carbocycles. The summed E-state index contributed by atoms with van der Waals surface area (Å²) in [6.07, 6.45) is 7.35. The van der Waals surface area contributed by atoms with Gasteiger partial charge in [-0.3, -0.25) is 19.4 Å². The molecule has 2 aromatic rings. The summed E-state index contributed by atoms with van der Waals surface area (Å²) in [7, 11) is 3.52. The number of nitrogens with zero attached hydrogens (tertiary/aromatic N) is 3. The van der Waals surface area contributed by atoms with Crippen molar-refractivity contribution < 1.29 is 33.6 Å². The summed E-state index contributed by atoms with van der Waals surface area (Å²) < 4.78 is 22.9. The Morgan fingerprint density at radius 2 is 1.98 bits per heavy atom. The van der Waals surface area contributed by atoms with Gasteiger partial charge in [0, 0.05) is 48.3 Å². The molecule has 4 aliphatic rings. The predicted octanol–water partition coefficient (Wildman–Crippen LogP) is 4.39. The standard InChI is InChI=1S/C37H40N4O7/c1-6-30(48-22(3)42)25-16-27-35-33-24(14-21(2)37(45-5)36(33)44)15-26(40(35)4)28(17-38)41(27)29(34(25)31-19-46-20-47-31)18-39-32(43)13-12-23-10-8-7-9-11-23/h6-14,19,26-29,35,44H,15-16,18,20H2,1-5H3,(H,39,43)/b13-12+,30-6-/t26-,27?,28-,29-,35-/m0/s1. The molecule has 0 saturated carbocycles. The lowest BCUT2D eigenvalue weighted by Crippen LogP contribution is -2.70. The summed E-state index contributed by atoms with van der Waals surface area (Å²) in [5, 5.41) is 25.6. The summed E-state index contributed by atoms with van der Waals surface area (Å²) in [6.45, 7) is 5.15. The van der Waals surface area contributed by atoms with Crippen molar-refractivity contribution in [3.8, 4) is 17.6 Å². The summed E-state index contributed by atoms with van der Waals surface area (Å²) in [5.41, 5.74) is 4.77. The van der Waals surface area contributed by atoms with Crippen LogP contribution in [0.25, 0.3) is 6.08 Å². The first kappa shape index (κ1) is 32.9. The van der Waals surface area contributed by atoms with E-state index in [1.165, 1.54) is 26.4 Å². The summed E-state index contributed by atoms with van der Waals surface area (Å²) >= 11 is 0. The monoisotopic (exact) mass is 652 g/mol. The number of nitrogens with one attached hydrogen (secondary N) is 1. The number of carbonyl (C=O) groups is 2. The van der Waals surface area contributed by atoms with Crippen LogP contribution < -0.4 is 10.1 Å². The first-order valence-electron chi connectivity index (χ1n) is 16.0. The zero-order valence-corrected chi connectivity index (χ0v) is 27.7. The van der Waals surface area contributed by atoms with E-state index in [2.05, 4.69) is 21.2 Å². The number of fused-ring (bicyclic) bond motifs is 6. The van der Waals surface area contributed by atoms with Crippen molar-refractivity contribution in [1.82, 2.24) is 15.1 Å². The second-order valence-corrected chi connectivity index (χ2v) is 12.4. The van der Waals surface area contributed by atoms with Crippen LogP contribution in [0.2, 0.25) is 0 Å². The highest BCUT2D eigenvalue weighted by Crippen LogP contribution is 2.54. The van der Waals surface area contributed by atoms with E-state index in [0.717, 1.165) is 22.3 Å². The molecule has 4 heterocycles. The van der Waals surface area contributed by atoms with Gasteiger partial charge in [0.05, 0.1) is 25.3 Å². The van der Waals surface area contributed by atoms with Crippen LogP contribution in [0.15, 0.2) is 77.5 Å². The molecule has 1 saturated heterocycles. The second kappa shape index (κ2) is 13.6. The maximum absolute atomic E-state index is 13.3. The van der Waals surface area contributed by atoms with Crippen LogP contribution in [0.1, 0.15) is 48.6 Å². The van der Waals surface area contributed by atoms with Gasteiger partial charge in [0.2, 0.25) is 12.7 Å². The minimum absolute atomic E-state index is 0.00321. The Balaban J connectivity index is 1.51. The molecule has 6 rings (SSSR count). The van der Waals surface area contributed by atoms with E-state index in [-0.39, 0.29) is 43.1 Å². The second-order valence-electron chi connectivity index (χ2n) is 12.4. The predicted molar refractivity (Wildman–Crippen MR) is 177 cm³/mol. The summed E-state index contributed by atoms with van der Waals surface area (Å²) in [4.78, 5) is 29.9. The average molecular weight is 653 g/mol. The smallest absolute Gasteiger partial charge is 0.308 e. The molecule has 1 amide bonds. The highest BCUT2D eigenvalue weighted by atomic mass is 16.7. The molecule has 5 atom stereocenters. The Kier molecular flexibility index (Phi) is 9.31. The van der Waals surface area contributed by atoms with Gasteiger partial charge in [-0.1, -0.05) is 36.4 Å². The fraction of sp³-hybridized carbons (Fsp3) is 0.378. The van der Waals surface area contributed by atoms with Crippen molar-refractivity contribution in [2.24, 2.45) is 0 Å². The van der Waals surface area contributed by atoms with Gasteiger partial charge >= 0.3 is 5.97 Å². The summed E-state index contributed by atoms with van der Waals surface area (Å²) in [6, 6.07) is 12.0. The number of rotatable bonds is 8. The highest BCUT2D eigenvalue weighted by molar-refractivity contribution is 5.91. The van der Waals surface area contributed by atoms with Gasteiger partial charge in [0.15, 0.2) is 17.3 Å². The SMILES string of the molecule is C/C=C(\OC(C)=O)C1=C(C2=COCO2)[C@H](CNC(=O)/C=C/c2ccccc2)N2C(C1)[C@H]1c3c(cc(C)c(OC)c3O)C[C@@H]([C@@H]2C#N)N1C. The van der Waals surface area contributed by atoms with Crippen LogP contribution in [0.3, 0.4) is 0 Å². The number of phenols is 1. The molecule has 2 bridgehead atoms. The fourth-order valence-corrected chi connectivity index (χ4v) is 7.81. The molecule has 1 fully saturated rings. The van der Waals surface area contributed by atoms with E-state index in [1.807, 2.05) is 50.4 Å². The van der Waals surface area contributed by atoms with Crippen LogP contribution in [-0.2, 0) is 30.2 Å². The maximum atomic E-state index is 13.3. The van der Waals surface area contributed by atoms with Crippen LogP contribution in [0.5, 0.6) is 11.5 Å². The Labute approximate surface area is 280 Å². The van der Waals surface area contributed by atoms with Crippen molar-refractivity contribution in [3.63, 3.8) is 0 Å². The van der Waals surface area contributed by atoms with Gasteiger partial charge in [-0.25, -0.2) is 0 Å². The van der Waals surface area contributed by atoms with Crippen molar-refractivity contribution in [3.05, 3.63) is 99.7 Å². The third-order valence-corrected chi connectivity index (χ3v) is 9.70. The zero-order valence-electron chi connectivity index (χ0n) is 27.7.